The fourth-order valence-corrected chi connectivity index (χ4v) is 10.6. The molecule has 3 aromatic carbocycles. The molecule has 8 rings (SSSR count). The summed E-state index contributed by atoms with van der Waals surface area (Å²) < 4.78 is 53.0. The van der Waals surface area contributed by atoms with Crippen LogP contribution in [0.5, 0.6) is 5.75 Å². The Bertz CT molecular complexity index is 2900. The van der Waals surface area contributed by atoms with Crippen LogP contribution in [0.2, 0.25) is 0 Å². The van der Waals surface area contributed by atoms with Crippen molar-refractivity contribution in [1.29, 1.82) is 5.26 Å². The molecule has 3 N–H and O–H groups in total. The average Bonchev–Trinajstić information content (AvgIpc) is 4.04. The van der Waals surface area contributed by atoms with E-state index in [1.807, 2.05) is 100 Å². The first-order chi connectivity index (χ1) is 34.8. The first kappa shape index (κ1) is 52.5. The molecular formula is C53H55F3N8O7S2. The molecule has 0 bridgehead atoms. The fourth-order valence-electron chi connectivity index (χ4n) is 9.28. The minimum Gasteiger partial charge on any atom is -0.494 e. The highest BCUT2D eigenvalue weighted by molar-refractivity contribution is 7.81. The number of nitriles is 1. The van der Waals surface area contributed by atoms with E-state index in [0.29, 0.717) is 43.7 Å². The zero-order valence-electron chi connectivity index (χ0n) is 40.7. The number of nitrogens with zero attached hydrogens (tertiary/aromatic N) is 6. The largest absolute Gasteiger partial charge is 0.494 e. The Morgan fingerprint density at radius 1 is 0.959 bits per heavy atom. The van der Waals surface area contributed by atoms with E-state index in [1.54, 1.807) is 21.7 Å². The van der Waals surface area contributed by atoms with Gasteiger partial charge >= 0.3 is 6.18 Å². The first-order valence-electron chi connectivity index (χ1n) is 23.9. The lowest BCUT2D eigenvalue weighted by Crippen LogP contribution is -2.58. The van der Waals surface area contributed by atoms with Gasteiger partial charge in [0.1, 0.15) is 36.0 Å². The molecule has 73 heavy (non-hydrogen) atoms. The number of halogens is 3. The number of ether oxygens (including phenoxy) is 2. The molecule has 3 aliphatic rings. The van der Waals surface area contributed by atoms with Crippen LogP contribution in [0.25, 0.3) is 21.6 Å². The summed E-state index contributed by atoms with van der Waals surface area (Å²) in [6.07, 6.45) is -1.68. The summed E-state index contributed by atoms with van der Waals surface area (Å²) in [6.45, 7) is 8.01. The van der Waals surface area contributed by atoms with E-state index >= 15 is 0 Å². The topological polar surface area (TPSA) is 190 Å². The number of pyridine rings is 1. The lowest BCUT2D eigenvalue weighted by molar-refractivity contribution is -0.144. The van der Waals surface area contributed by atoms with Gasteiger partial charge in [-0.15, -0.1) is 11.3 Å². The molecule has 20 heteroatoms. The van der Waals surface area contributed by atoms with Gasteiger partial charge in [-0.2, -0.15) is 18.4 Å². The van der Waals surface area contributed by atoms with Crippen LogP contribution < -0.4 is 25.2 Å². The summed E-state index contributed by atoms with van der Waals surface area (Å²) in [5.74, 6) is -1.12. The van der Waals surface area contributed by atoms with Crippen LogP contribution in [0.15, 0.2) is 90.6 Å². The molecule has 2 saturated heterocycles. The number of alkyl halides is 3. The molecule has 1 spiro atoms. The van der Waals surface area contributed by atoms with Crippen molar-refractivity contribution in [1.82, 2.24) is 25.5 Å². The Hall–Kier alpha value is -6.79. The normalized spacial score (nSPS) is 17.9. The van der Waals surface area contributed by atoms with Gasteiger partial charge in [0.05, 0.1) is 46.2 Å². The number of likely N-dealkylation sites (tertiary alicyclic amines) is 1. The lowest BCUT2D eigenvalue weighted by atomic mass is 9.75. The van der Waals surface area contributed by atoms with Crippen LogP contribution in [0, 0.1) is 23.7 Å². The summed E-state index contributed by atoms with van der Waals surface area (Å²) in [4.78, 5) is 67.7. The smallest absolute Gasteiger partial charge is 0.419 e. The number of thiazole rings is 1. The highest BCUT2D eigenvalue weighted by atomic mass is 32.1. The number of thiocarbonyl (C=S) groups is 1. The van der Waals surface area contributed by atoms with Crippen molar-refractivity contribution >= 4 is 63.7 Å². The summed E-state index contributed by atoms with van der Waals surface area (Å²) >= 11 is 7.30. The van der Waals surface area contributed by atoms with Crippen molar-refractivity contribution in [3.63, 3.8) is 0 Å². The number of rotatable bonds is 17. The number of unbranched alkanes of at least 4 members (excludes halogenated alkanes) is 1. The monoisotopic (exact) mass is 1040 g/mol. The van der Waals surface area contributed by atoms with Gasteiger partial charge < -0.3 is 35.0 Å². The quantitative estimate of drug-likeness (QED) is 0.0600. The number of hydrogen-bond acceptors (Lipinski definition) is 12. The number of nitrogens with one attached hydrogen (secondary N) is 2. The number of aliphatic hydroxyl groups is 1. The molecule has 15 nitrogen and oxygen atoms in total. The summed E-state index contributed by atoms with van der Waals surface area (Å²) in [7, 11) is 0. The third kappa shape index (κ3) is 11.4. The van der Waals surface area contributed by atoms with Crippen molar-refractivity contribution in [2.75, 3.05) is 36.2 Å². The van der Waals surface area contributed by atoms with Gasteiger partial charge in [-0.05, 0) is 109 Å². The standard InChI is InChI=1S/C53H55F3N8O7S2/c1-32-45(73-31-60-32)36-10-8-33(9-11-36)27-59-47(67)43-25-39(65)29-62(43)48(68)46(51(2,3)4)61-44(66)30-70-22-5-6-23-71-40-18-14-35(15-19-40)34-12-16-37(17-13-34)64-50(72)63(49(69)52(64)20-7-21-52)38-24-41(53(54,55)56)42(26-57)58-28-38/h8-19,24,28,31,39,43,46,65H,5-7,20-23,25,27,29-30H2,1-4H3,(H,59,67)(H,61,66)/t39-,43+,46-/m1/s1. The molecule has 5 aromatic rings. The number of carbonyl (C=O) groups is 4. The molecule has 0 unspecified atom stereocenters. The zero-order valence-corrected chi connectivity index (χ0v) is 42.3. The van der Waals surface area contributed by atoms with Gasteiger partial charge in [-0.3, -0.25) is 24.1 Å². The highest BCUT2D eigenvalue weighted by Crippen LogP contribution is 2.48. The molecule has 1 saturated carbocycles. The molecule has 0 radical (unpaired) electrons. The Morgan fingerprint density at radius 3 is 2.22 bits per heavy atom. The van der Waals surface area contributed by atoms with Crippen molar-refractivity contribution in [3.8, 4) is 33.4 Å². The van der Waals surface area contributed by atoms with Crippen molar-refractivity contribution < 1.29 is 46.9 Å². The summed E-state index contributed by atoms with van der Waals surface area (Å²) in [5, 5.41) is 25.6. The first-order valence-corrected chi connectivity index (χ1v) is 25.2. The van der Waals surface area contributed by atoms with E-state index in [-0.39, 0.29) is 49.4 Å². The predicted molar refractivity (Wildman–Crippen MR) is 272 cm³/mol. The van der Waals surface area contributed by atoms with Gasteiger partial charge in [-0.1, -0.05) is 69.3 Å². The van der Waals surface area contributed by atoms with Crippen LogP contribution in [0.1, 0.15) is 81.8 Å². The van der Waals surface area contributed by atoms with E-state index in [4.69, 9.17) is 21.7 Å². The molecule has 382 valence electrons. The SMILES string of the molecule is Cc1ncsc1-c1ccc(CNC(=O)[C@@H]2C[C@@H](O)CN2C(=O)[C@@H](NC(=O)COCCCCOc2ccc(-c3ccc(N4C(=S)N(c5cnc(C#N)c(C(F)(F)F)c5)C(=O)C45CCC5)cc3)cc2)C(C)(C)C)cc1. The zero-order chi connectivity index (χ0) is 52.2. The predicted octanol–water partition coefficient (Wildman–Crippen LogP) is 8.12. The number of hydrogen-bond donors (Lipinski definition) is 3. The third-order valence-electron chi connectivity index (χ3n) is 13.3. The second-order valence-electron chi connectivity index (χ2n) is 19.5. The molecular weight excluding hydrogens is 982 g/mol. The van der Waals surface area contributed by atoms with E-state index < -0.39 is 64.3 Å². The Balaban J connectivity index is 0.773. The number of β-amino-alcohol motifs (C(OH)–C–C–N with tert-alkyl or cyclic N) is 1. The van der Waals surface area contributed by atoms with Crippen molar-refractivity contribution in [2.45, 2.75) is 103 Å². The van der Waals surface area contributed by atoms with Crippen molar-refractivity contribution in [3.05, 3.63) is 113 Å². The van der Waals surface area contributed by atoms with Crippen LogP contribution >= 0.6 is 23.6 Å². The lowest BCUT2D eigenvalue weighted by Gasteiger charge is -2.43. The van der Waals surface area contributed by atoms with Crippen LogP contribution in [-0.4, -0.2) is 98.8 Å². The number of aliphatic hydroxyl groups excluding tert-OH is 1. The molecule has 4 amide bonds. The minimum atomic E-state index is -4.86. The molecule has 1 aliphatic carbocycles. The van der Waals surface area contributed by atoms with E-state index in [0.717, 1.165) is 56.4 Å². The fraction of sp³-hybridized carbons (Fsp3) is 0.396. The van der Waals surface area contributed by atoms with E-state index in [1.165, 1.54) is 11.0 Å². The maximum absolute atomic E-state index is 14.0. The number of benzene rings is 3. The van der Waals surface area contributed by atoms with Gasteiger partial charge in [0, 0.05) is 31.8 Å². The van der Waals surface area contributed by atoms with Gasteiger partial charge in [0.2, 0.25) is 17.7 Å². The Morgan fingerprint density at radius 2 is 1.62 bits per heavy atom. The maximum Gasteiger partial charge on any atom is 0.419 e. The van der Waals surface area contributed by atoms with Crippen LogP contribution in [0.3, 0.4) is 0 Å². The highest BCUT2D eigenvalue weighted by Gasteiger charge is 2.60. The number of amides is 4. The molecule has 3 atom stereocenters. The maximum atomic E-state index is 14.0. The molecule has 4 heterocycles. The summed E-state index contributed by atoms with van der Waals surface area (Å²) in [5.41, 5.74) is 3.11. The minimum absolute atomic E-state index is 0.0321. The second kappa shape index (κ2) is 21.7. The average molecular weight is 1040 g/mol. The molecule has 2 aromatic heterocycles. The van der Waals surface area contributed by atoms with E-state index in [2.05, 4.69) is 20.6 Å². The third-order valence-corrected chi connectivity index (χ3v) is 14.7. The van der Waals surface area contributed by atoms with Crippen LogP contribution in [-0.2, 0) is 36.6 Å². The van der Waals surface area contributed by atoms with Gasteiger partial charge in [0.25, 0.3) is 5.91 Å². The number of aryl methyl sites for hydroxylation is 1. The number of anilines is 2. The number of aromatic nitrogens is 2. The molecule has 2 aliphatic heterocycles. The molecule has 3 fully saturated rings. The number of carbonyl (C=O) groups excluding carboxylic acids is 4. The Labute approximate surface area is 430 Å². The summed E-state index contributed by atoms with van der Waals surface area (Å²) in [6, 6.07) is 23.0. The Kier molecular flexibility index (Phi) is 15.6. The van der Waals surface area contributed by atoms with E-state index in [9.17, 15) is 42.7 Å². The second-order valence-corrected chi connectivity index (χ2v) is 20.7. The van der Waals surface area contributed by atoms with Crippen LogP contribution in [0.4, 0.5) is 24.5 Å². The van der Waals surface area contributed by atoms with Gasteiger partial charge in [-0.25, -0.2) is 9.97 Å². The van der Waals surface area contributed by atoms with Crippen molar-refractivity contribution in [2.24, 2.45) is 5.41 Å². The van der Waals surface area contributed by atoms with Gasteiger partial charge in [0.15, 0.2) is 10.8 Å².